The molecule has 1 N–H and O–H groups in total. The molecule has 1 saturated heterocycles. The largest absolute Gasteiger partial charge is 0.496 e. The Balaban J connectivity index is 2.08. The maximum absolute atomic E-state index is 5.97. The molecule has 0 atom stereocenters. The first-order valence-electron chi connectivity index (χ1n) is 9.85. The monoisotopic (exact) mass is 352 g/mol. The van der Waals surface area contributed by atoms with E-state index in [1.54, 1.807) is 7.11 Å². The molecular formula is C23H32N2O. The molecule has 1 aliphatic rings. The third-order valence-corrected chi connectivity index (χ3v) is 5.15. The minimum Gasteiger partial charge on any atom is -0.496 e. The number of rotatable bonds is 6. The minimum atomic E-state index is 0.441. The summed E-state index contributed by atoms with van der Waals surface area (Å²) in [6, 6.07) is 13.6. The fourth-order valence-electron chi connectivity index (χ4n) is 3.80. The molecule has 2 aromatic carbocycles. The van der Waals surface area contributed by atoms with Gasteiger partial charge in [0.05, 0.1) is 7.11 Å². The smallest absolute Gasteiger partial charge is 0.133 e. The highest BCUT2D eigenvalue weighted by atomic mass is 16.5. The van der Waals surface area contributed by atoms with Gasteiger partial charge in [-0.2, -0.15) is 0 Å². The van der Waals surface area contributed by atoms with Crippen molar-refractivity contribution < 1.29 is 4.74 Å². The van der Waals surface area contributed by atoms with Crippen LogP contribution in [-0.2, 0) is 6.54 Å². The normalized spacial score (nSPS) is 14.7. The molecule has 26 heavy (non-hydrogen) atoms. The number of methoxy groups -OCH3 is 1. The van der Waals surface area contributed by atoms with Crippen LogP contribution >= 0.6 is 0 Å². The standard InChI is InChI=1S/C23H32N2O/c1-17(2)24-16-21-22(25-13-6-5-7-14-25)12-11-20(23(21)26-4)19-10-8-9-18(3)15-19/h8-12,15,17,24H,5-7,13-14,16H2,1-4H3. The van der Waals surface area contributed by atoms with Crippen molar-refractivity contribution in [1.82, 2.24) is 5.32 Å². The summed E-state index contributed by atoms with van der Waals surface area (Å²) in [4.78, 5) is 2.53. The van der Waals surface area contributed by atoms with E-state index < -0.39 is 0 Å². The predicted octanol–water partition coefficient (Wildman–Crippen LogP) is 5.16. The van der Waals surface area contributed by atoms with Crippen LogP contribution in [0.2, 0.25) is 0 Å². The molecule has 1 fully saturated rings. The van der Waals surface area contributed by atoms with E-state index in [2.05, 4.69) is 67.4 Å². The van der Waals surface area contributed by atoms with Gasteiger partial charge in [-0.25, -0.2) is 0 Å². The molecule has 0 saturated carbocycles. The maximum atomic E-state index is 5.97. The van der Waals surface area contributed by atoms with Gasteiger partial charge >= 0.3 is 0 Å². The van der Waals surface area contributed by atoms with Crippen molar-refractivity contribution in [3.05, 3.63) is 47.5 Å². The van der Waals surface area contributed by atoms with Crippen molar-refractivity contribution >= 4 is 5.69 Å². The third kappa shape index (κ3) is 4.21. The highest BCUT2D eigenvalue weighted by molar-refractivity contribution is 5.77. The number of anilines is 1. The molecule has 0 aromatic heterocycles. The Morgan fingerprint density at radius 1 is 1.08 bits per heavy atom. The van der Waals surface area contributed by atoms with Gasteiger partial charge in [-0.15, -0.1) is 0 Å². The highest BCUT2D eigenvalue weighted by Crippen LogP contribution is 2.39. The van der Waals surface area contributed by atoms with Crippen LogP contribution in [0.3, 0.4) is 0 Å². The van der Waals surface area contributed by atoms with Crippen molar-refractivity contribution in [2.45, 2.75) is 52.6 Å². The molecule has 0 bridgehead atoms. The number of nitrogens with zero attached hydrogens (tertiary/aromatic N) is 1. The van der Waals surface area contributed by atoms with Crippen LogP contribution in [-0.4, -0.2) is 26.2 Å². The zero-order valence-corrected chi connectivity index (χ0v) is 16.6. The van der Waals surface area contributed by atoms with E-state index >= 15 is 0 Å². The molecule has 1 aliphatic heterocycles. The van der Waals surface area contributed by atoms with E-state index in [0.717, 1.165) is 25.4 Å². The first-order valence-corrected chi connectivity index (χ1v) is 9.85. The molecular weight excluding hydrogens is 320 g/mol. The summed E-state index contributed by atoms with van der Waals surface area (Å²) >= 11 is 0. The number of aryl methyl sites for hydroxylation is 1. The van der Waals surface area contributed by atoms with E-state index in [-0.39, 0.29) is 0 Å². The van der Waals surface area contributed by atoms with Crippen LogP contribution in [0.4, 0.5) is 5.69 Å². The molecule has 1 heterocycles. The van der Waals surface area contributed by atoms with Gasteiger partial charge in [-0.3, -0.25) is 0 Å². The van der Waals surface area contributed by atoms with Crippen molar-refractivity contribution in [2.75, 3.05) is 25.1 Å². The van der Waals surface area contributed by atoms with Crippen molar-refractivity contribution in [3.8, 4) is 16.9 Å². The number of benzene rings is 2. The van der Waals surface area contributed by atoms with Crippen molar-refractivity contribution in [1.29, 1.82) is 0 Å². The van der Waals surface area contributed by atoms with Gasteiger partial charge in [0.25, 0.3) is 0 Å². The highest BCUT2D eigenvalue weighted by Gasteiger charge is 2.21. The lowest BCUT2D eigenvalue weighted by Gasteiger charge is -2.32. The Kier molecular flexibility index (Phi) is 6.20. The maximum Gasteiger partial charge on any atom is 0.133 e. The predicted molar refractivity (Wildman–Crippen MR) is 111 cm³/mol. The fourth-order valence-corrected chi connectivity index (χ4v) is 3.80. The summed E-state index contributed by atoms with van der Waals surface area (Å²) in [7, 11) is 1.80. The Morgan fingerprint density at radius 2 is 1.85 bits per heavy atom. The number of hydrogen-bond donors (Lipinski definition) is 1. The zero-order valence-electron chi connectivity index (χ0n) is 16.6. The Hall–Kier alpha value is -2.00. The van der Waals surface area contributed by atoms with Crippen LogP contribution in [0.5, 0.6) is 5.75 Å². The van der Waals surface area contributed by atoms with Crippen LogP contribution < -0.4 is 15.0 Å². The first-order chi connectivity index (χ1) is 12.6. The quantitative estimate of drug-likeness (QED) is 0.777. The second-order valence-corrected chi connectivity index (χ2v) is 7.60. The number of nitrogens with one attached hydrogen (secondary N) is 1. The van der Waals surface area contributed by atoms with Gasteiger partial charge in [-0.05, 0) is 43.9 Å². The fraction of sp³-hybridized carbons (Fsp3) is 0.478. The molecule has 2 aromatic rings. The third-order valence-electron chi connectivity index (χ3n) is 5.15. The summed E-state index contributed by atoms with van der Waals surface area (Å²) in [5.41, 5.74) is 6.27. The van der Waals surface area contributed by atoms with Crippen LogP contribution in [0, 0.1) is 6.92 Å². The molecule has 0 unspecified atom stereocenters. The lowest BCUT2D eigenvalue weighted by atomic mass is 9.97. The van der Waals surface area contributed by atoms with Gasteiger partial charge < -0.3 is 15.0 Å². The summed E-state index contributed by atoms with van der Waals surface area (Å²) < 4.78 is 5.97. The van der Waals surface area contributed by atoms with Crippen LogP contribution in [0.25, 0.3) is 11.1 Å². The van der Waals surface area contributed by atoms with Gasteiger partial charge in [0.15, 0.2) is 0 Å². The molecule has 0 aliphatic carbocycles. The number of piperidine rings is 1. The van der Waals surface area contributed by atoms with E-state index in [4.69, 9.17) is 4.74 Å². The van der Waals surface area contributed by atoms with E-state index in [1.807, 2.05) is 0 Å². The summed E-state index contributed by atoms with van der Waals surface area (Å²) in [5, 5.41) is 3.60. The molecule has 3 heteroatoms. The van der Waals surface area contributed by atoms with E-state index in [9.17, 15) is 0 Å². The molecule has 140 valence electrons. The summed E-state index contributed by atoms with van der Waals surface area (Å²) in [6.45, 7) is 9.63. The Morgan fingerprint density at radius 3 is 2.50 bits per heavy atom. The second-order valence-electron chi connectivity index (χ2n) is 7.60. The molecule has 3 nitrogen and oxygen atoms in total. The van der Waals surface area contributed by atoms with Gasteiger partial charge in [0.1, 0.15) is 5.75 Å². The average molecular weight is 353 g/mol. The number of hydrogen-bond acceptors (Lipinski definition) is 3. The zero-order chi connectivity index (χ0) is 18.5. The lowest BCUT2D eigenvalue weighted by Crippen LogP contribution is -2.31. The van der Waals surface area contributed by atoms with Crippen LogP contribution in [0.1, 0.15) is 44.2 Å². The van der Waals surface area contributed by atoms with E-state index in [1.165, 1.54) is 47.2 Å². The Bertz CT molecular complexity index is 733. The first kappa shape index (κ1) is 18.8. The minimum absolute atomic E-state index is 0.441. The number of ether oxygens (including phenoxy) is 1. The van der Waals surface area contributed by atoms with Crippen molar-refractivity contribution in [3.63, 3.8) is 0 Å². The van der Waals surface area contributed by atoms with Crippen LogP contribution in [0.15, 0.2) is 36.4 Å². The topological polar surface area (TPSA) is 24.5 Å². The molecule has 0 radical (unpaired) electrons. The summed E-state index contributed by atoms with van der Waals surface area (Å²) in [5.74, 6) is 1.01. The van der Waals surface area contributed by atoms with Gasteiger partial charge in [-0.1, -0.05) is 43.7 Å². The van der Waals surface area contributed by atoms with Crippen molar-refractivity contribution in [2.24, 2.45) is 0 Å². The molecule has 0 amide bonds. The molecule has 0 spiro atoms. The SMILES string of the molecule is COc1c(-c2cccc(C)c2)ccc(N2CCCCC2)c1CNC(C)C. The lowest BCUT2D eigenvalue weighted by molar-refractivity contribution is 0.407. The summed E-state index contributed by atoms with van der Waals surface area (Å²) in [6.07, 6.45) is 3.90. The van der Waals surface area contributed by atoms with E-state index in [0.29, 0.717) is 6.04 Å². The molecule has 3 rings (SSSR count). The van der Waals surface area contributed by atoms with Gasteiger partial charge in [0, 0.05) is 42.5 Å². The second kappa shape index (κ2) is 8.59. The average Bonchev–Trinajstić information content (AvgIpc) is 2.66. The van der Waals surface area contributed by atoms with Gasteiger partial charge in [0.2, 0.25) is 0 Å². The Labute approximate surface area is 158 Å².